The molecule has 9 heteroatoms. The standard InChI is InChI=1S/C20H22N2O5S2/c1-13-10-18(27-21-13)19-6-7-20(28-19)29(23,24)22-9-8-14(12-22)16-11-15(25-2)4-5-17(16)26-3/h4-7,10-11,14H,8-9,12H2,1-3H3. The zero-order valence-electron chi connectivity index (χ0n) is 16.4. The van der Waals surface area contributed by atoms with E-state index in [1.807, 2.05) is 25.1 Å². The number of benzene rings is 1. The summed E-state index contributed by atoms with van der Waals surface area (Å²) < 4.78 is 44.2. The zero-order valence-corrected chi connectivity index (χ0v) is 18.0. The second kappa shape index (κ2) is 7.81. The summed E-state index contributed by atoms with van der Waals surface area (Å²) in [6, 6.07) is 10.8. The minimum absolute atomic E-state index is 0.0474. The van der Waals surface area contributed by atoms with Crippen molar-refractivity contribution in [2.24, 2.45) is 0 Å². The Balaban J connectivity index is 1.57. The first kappa shape index (κ1) is 19.9. The van der Waals surface area contributed by atoms with Crippen molar-refractivity contribution < 1.29 is 22.4 Å². The first-order valence-corrected chi connectivity index (χ1v) is 11.4. The molecular weight excluding hydrogens is 412 g/mol. The van der Waals surface area contributed by atoms with Crippen LogP contribution < -0.4 is 9.47 Å². The third-order valence-corrected chi connectivity index (χ3v) is 8.51. The second-order valence-corrected chi connectivity index (χ2v) is 10.2. The van der Waals surface area contributed by atoms with Gasteiger partial charge in [0, 0.05) is 30.6 Å². The average molecular weight is 435 g/mol. The summed E-state index contributed by atoms with van der Waals surface area (Å²) in [6.07, 6.45) is 0.724. The highest BCUT2D eigenvalue weighted by molar-refractivity contribution is 7.91. The van der Waals surface area contributed by atoms with Crippen molar-refractivity contribution in [1.82, 2.24) is 9.46 Å². The van der Waals surface area contributed by atoms with Crippen LogP contribution in [0, 0.1) is 6.92 Å². The van der Waals surface area contributed by atoms with Crippen LogP contribution in [0.4, 0.5) is 0 Å². The third kappa shape index (κ3) is 3.77. The molecule has 1 aromatic carbocycles. The number of nitrogens with zero attached hydrogens (tertiary/aromatic N) is 2. The van der Waals surface area contributed by atoms with E-state index in [2.05, 4.69) is 5.16 Å². The maximum absolute atomic E-state index is 13.2. The van der Waals surface area contributed by atoms with E-state index in [1.165, 1.54) is 15.6 Å². The highest BCUT2D eigenvalue weighted by Gasteiger charge is 2.35. The number of ether oxygens (including phenoxy) is 2. The number of hydrogen-bond donors (Lipinski definition) is 0. The topological polar surface area (TPSA) is 81.9 Å². The monoisotopic (exact) mass is 434 g/mol. The summed E-state index contributed by atoms with van der Waals surface area (Å²) in [5.74, 6) is 2.10. The second-order valence-electron chi connectivity index (χ2n) is 6.91. The van der Waals surface area contributed by atoms with Gasteiger partial charge in [-0.15, -0.1) is 11.3 Å². The fourth-order valence-corrected chi connectivity index (χ4v) is 6.47. The molecule has 0 saturated carbocycles. The van der Waals surface area contributed by atoms with E-state index in [1.54, 1.807) is 32.4 Å². The Morgan fingerprint density at radius 2 is 2.00 bits per heavy atom. The van der Waals surface area contributed by atoms with Crippen LogP contribution in [-0.4, -0.2) is 45.2 Å². The van der Waals surface area contributed by atoms with E-state index in [0.717, 1.165) is 34.1 Å². The maximum Gasteiger partial charge on any atom is 0.252 e. The van der Waals surface area contributed by atoms with Gasteiger partial charge in [-0.2, -0.15) is 4.31 Å². The van der Waals surface area contributed by atoms with E-state index in [9.17, 15) is 8.42 Å². The van der Waals surface area contributed by atoms with Crippen LogP contribution in [0.5, 0.6) is 11.5 Å². The van der Waals surface area contributed by atoms with E-state index < -0.39 is 10.0 Å². The molecule has 2 aromatic heterocycles. The molecule has 7 nitrogen and oxygen atoms in total. The SMILES string of the molecule is COc1ccc(OC)c(C2CCN(S(=O)(=O)c3ccc(-c4cc(C)no4)s3)C2)c1. The summed E-state index contributed by atoms with van der Waals surface area (Å²) in [5.41, 5.74) is 1.72. The lowest BCUT2D eigenvalue weighted by atomic mass is 9.97. The van der Waals surface area contributed by atoms with Crippen LogP contribution >= 0.6 is 11.3 Å². The molecule has 4 rings (SSSR count). The van der Waals surface area contributed by atoms with Crippen LogP contribution in [0.2, 0.25) is 0 Å². The van der Waals surface area contributed by atoms with Gasteiger partial charge in [0.05, 0.1) is 24.8 Å². The molecule has 1 aliphatic heterocycles. The zero-order chi connectivity index (χ0) is 20.6. The molecule has 0 N–H and O–H groups in total. The quantitative estimate of drug-likeness (QED) is 0.585. The van der Waals surface area contributed by atoms with Gasteiger partial charge in [0.1, 0.15) is 15.7 Å². The Hall–Kier alpha value is -2.36. The Labute approximate surface area is 173 Å². The van der Waals surface area contributed by atoms with E-state index in [-0.39, 0.29) is 5.92 Å². The van der Waals surface area contributed by atoms with Gasteiger partial charge in [-0.3, -0.25) is 0 Å². The predicted octanol–water partition coefficient (Wildman–Crippen LogP) is 3.91. The summed E-state index contributed by atoms with van der Waals surface area (Å²) in [6.45, 7) is 2.69. The number of thiophene rings is 1. The number of methoxy groups -OCH3 is 2. The molecule has 0 aliphatic carbocycles. The Morgan fingerprint density at radius 3 is 2.69 bits per heavy atom. The molecule has 1 fully saturated rings. The summed E-state index contributed by atoms with van der Waals surface area (Å²) in [4.78, 5) is 0.745. The van der Waals surface area contributed by atoms with Crippen LogP contribution in [0.15, 0.2) is 45.1 Å². The molecule has 3 heterocycles. The smallest absolute Gasteiger partial charge is 0.252 e. The maximum atomic E-state index is 13.2. The molecule has 1 unspecified atom stereocenters. The van der Waals surface area contributed by atoms with Crippen molar-refractivity contribution >= 4 is 21.4 Å². The molecule has 29 heavy (non-hydrogen) atoms. The van der Waals surface area contributed by atoms with E-state index in [4.69, 9.17) is 14.0 Å². The number of hydrogen-bond acceptors (Lipinski definition) is 7. The van der Waals surface area contributed by atoms with Crippen molar-refractivity contribution in [3.63, 3.8) is 0 Å². The lowest BCUT2D eigenvalue weighted by molar-refractivity contribution is 0.394. The molecule has 0 spiro atoms. The molecule has 3 aromatic rings. The molecule has 0 radical (unpaired) electrons. The normalized spacial score (nSPS) is 17.6. The van der Waals surface area contributed by atoms with E-state index >= 15 is 0 Å². The van der Waals surface area contributed by atoms with Gasteiger partial charge < -0.3 is 14.0 Å². The minimum atomic E-state index is -3.58. The van der Waals surface area contributed by atoms with Gasteiger partial charge in [-0.1, -0.05) is 5.16 Å². The molecule has 1 aliphatic rings. The number of sulfonamides is 1. The van der Waals surface area contributed by atoms with Crippen LogP contribution in [-0.2, 0) is 10.0 Å². The lowest BCUT2D eigenvalue weighted by Crippen LogP contribution is -2.28. The first-order valence-electron chi connectivity index (χ1n) is 9.18. The van der Waals surface area contributed by atoms with Crippen LogP contribution in [0.3, 0.4) is 0 Å². The van der Waals surface area contributed by atoms with Crippen molar-refractivity contribution in [3.05, 3.63) is 47.7 Å². The summed E-state index contributed by atoms with van der Waals surface area (Å²) >= 11 is 1.20. The largest absolute Gasteiger partial charge is 0.497 e. The fourth-order valence-electron chi connectivity index (χ4n) is 3.56. The molecule has 0 bridgehead atoms. The van der Waals surface area contributed by atoms with E-state index in [0.29, 0.717) is 23.1 Å². The van der Waals surface area contributed by atoms with Gasteiger partial charge in [0.2, 0.25) is 0 Å². The summed E-state index contributed by atoms with van der Waals surface area (Å²) in [5, 5.41) is 3.87. The van der Waals surface area contributed by atoms with Crippen LogP contribution in [0.25, 0.3) is 10.6 Å². The fraction of sp³-hybridized carbons (Fsp3) is 0.350. The summed E-state index contributed by atoms with van der Waals surface area (Å²) in [7, 11) is -0.347. The Kier molecular flexibility index (Phi) is 5.37. The molecule has 154 valence electrons. The third-order valence-electron chi connectivity index (χ3n) is 5.07. The van der Waals surface area contributed by atoms with Gasteiger partial charge in [0.15, 0.2) is 5.76 Å². The van der Waals surface area contributed by atoms with Gasteiger partial charge in [-0.25, -0.2) is 8.42 Å². The Morgan fingerprint density at radius 1 is 1.17 bits per heavy atom. The average Bonchev–Trinajstić information content (AvgIpc) is 3.47. The molecule has 1 saturated heterocycles. The highest BCUT2D eigenvalue weighted by atomic mass is 32.2. The lowest BCUT2D eigenvalue weighted by Gasteiger charge is -2.18. The molecular formula is C20H22N2O5S2. The van der Waals surface area contributed by atoms with Gasteiger partial charge in [-0.05, 0) is 43.7 Å². The van der Waals surface area contributed by atoms with Crippen molar-refractivity contribution in [3.8, 4) is 22.1 Å². The predicted molar refractivity (Wildman–Crippen MR) is 110 cm³/mol. The van der Waals surface area contributed by atoms with Crippen molar-refractivity contribution in [2.45, 2.75) is 23.5 Å². The molecule has 0 amide bonds. The van der Waals surface area contributed by atoms with Crippen molar-refractivity contribution in [1.29, 1.82) is 0 Å². The number of aryl methyl sites for hydroxylation is 1. The van der Waals surface area contributed by atoms with Gasteiger partial charge >= 0.3 is 0 Å². The molecule has 1 atom stereocenters. The number of rotatable bonds is 6. The van der Waals surface area contributed by atoms with Crippen LogP contribution in [0.1, 0.15) is 23.6 Å². The van der Waals surface area contributed by atoms with Gasteiger partial charge in [0.25, 0.3) is 10.0 Å². The number of aromatic nitrogens is 1. The highest BCUT2D eigenvalue weighted by Crippen LogP contribution is 2.39. The van der Waals surface area contributed by atoms with Crippen molar-refractivity contribution in [2.75, 3.05) is 27.3 Å². The minimum Gasteiger partial charge on any atom is -0.497 e. The Bertz CT molecular complexity index is 1120. The first-order chi connectivity index (χ1) is 13.9.